The highest BCUT2D eigenvalue weighted by atomic mass is 19.1. The summed E-state index contributed by atoms with van der Waals surface area (Å²) in [4.78, 5) is 12.7. The minimum absolute atomic E-state index is 0.168. The first-order valence-corrected chi connectivity index (χ1v) is 8.42. The Balaban J connectivity index is 2.05. The first kappa shape index (κ1) is 18.7. The van der Waals surface area contributed by atoms with E-state index in [-0.39, 0.29) is 17.8 Å². The van der Waals surface area contributed by atoms with Crippen molar-refractivity contribution in [2.24, 2.45) is 0 Å². The highest BCUT2D eigenvalue weighted by molar-refractivity contribution is 5.96. The number of hydrogen-bond acceptors (Lipinski definition) is 5. The lowest BCUT2D eigenvalue weighted by Gasteiger charge is -2.15. The number of methoxy groups -OCH3 is 1. The molecule has 1 N–H and O–H groups in total. The second-order valence-corrected chi connectivity index (χ2v) is 6.34. The number of benzene rings is 2. The molecule has 0 aliphatic rings. The van der Waals surface area contributed by atoms with E-state index in [2.05, 4.69) is 20.8 Å². The predicted molar refractivity (Wildman–Crippen MR) is 98.1 cm³/mol. The number of rotatable bonds is 6. The van der Waals surface area contributed by atoms with E-state index in [1.54, 1.807) is 31.4 Å². The van der Waals surface area contributed by atoms with Crippen molar-refractivity contribution in [2.45, 2.75) is 19.9 Å². The molecule has 7 nitrogen and oxygen atoms in total. The molecular formula is C19H20FN5O2. The molecule has 1 atom stereocenters. The summed E-state index contributed by atoms with van der Waals surface area (Å²) in [6.07, 6.45) is 1.42. The molecular weight excluding hydrogens is 349 g/mol. The van der Waals surface area contributed by atoms with Gasteiger partial charge in [0.2, 0.25) is 0 Å². The Morgan fingerprint density at radius 1 is 1.30 bits per heavy atom. The first-order chi connectivity index (χ1) is 13.0. The smallest absolute Gasteiger partial charge is 0.251 e. The molecule has 8 heteroatoms. The molecule has 0 aliphatic heterocycles. The number of halogens is 1. The van der Waals surface area contributed by atoms with Crippen molar-refractivity contribution in [2.75, 3.05) is 13.7 Å². The SMILES string of the molecule is COCC(C)NC(=O)c1cc(-c2ccc(C)cc2F)cc(-n2cnnn2)c1. The second kappa shape index (κ2) is 8.05. The van der Waals surface area contributed by atoms with Gasteiger partial charge in [0.1, 0.15) is 12.1 Å². The zero-order valence-corrected chi connectivity index (χ0v) is 15.3. The molecule has 1 amide bonds. The van der Waals surface area contributed by atoms with E-state index in [4.69, 9.17) is 4.74 Å². The number of aromatic nitrogens is 4. The van der Waals surface area contributed by atoms with E-state index in [1.807, 2.05) is 19.9 Å². The van der Waals surface area contributed by atoms with E-state index in [1.165, 1.54) is 17.1 Å². The standard InChI is InChI=1S/C19H20FN5O2/c1-12-4-5-17(18(20)6-12)14-7-15(19(26)22-13(2)10-27-3)9-16(8-14)25-11-21-23-24-25/h4-9,11,13H,10H2,1-3H3,(H,22,26). The summed E-state index contributed by atoms with van der Waals surface area (Å²) in [6, 6.07) is 9.84. The highest BCUT2D eigenvalue weighted by Gasteiger charge is 2.15. The van der Waals surface area contributed by atoms with Crippen LogP contribution in [0.2, 0.25) is 0 Å². The maximum Gasteiger partial charge on any atom is 0.251 e. The van der Waals surface area contributed by atoms with Crippen LogP contribution in [0.25, 0.3) is 16.8 Å². The van der Waals surface area contributed by atoms with Gasteiger partial charge in [-0.05, 0) is 59.7 Å². The van der Waals surface area contributed by atoms with Gasteiger partial charge in [-0.25, -0.2) is 9.07 Å². The lowest BCUT2D eigenvalue weighted by atomic mass is 10.00. The second-order valence-electron chi connectivity index (χ2n) is 6.34. The molecule has 0 radical (unpaired) electrons. The molecule has 0 bridgehead atoms. The minimum Gasteiger partial charge on any atom is -0.383 e. The lowest BCUT2D eigenvalue weighted by molar-refractivity contribution is 0.0905. The fourth-order valence-corrected chi connectivity index (χ4v) is 2.76. The van der Waals surface area contributed by atoms with Crippen molar-refractivity contribution >= 4 is 5.91 Å². The Morgan fingerprint density at radius 2 is 2.11 bits per heavy atom. The van der Waals surface area contributed by atoms with Gasteiger partial charge in [0, 0.05) is 24.3 Å². The van der Waals surface area contributed by atoms with E-state index in [0.29, 0.717) is 29.0 Å². The van der Waals surface area contributed by atoms with Crippen molar-refractivity contribution in [1.82, 2.24) is 25.5 Å². The van der Waals surface area contributed by atoms with Crippen LogP contribution in [0.3, 0.4) is 0 Å². The molecule has 2 aromatic carbocycles. The fourth-order valence-electron chi connectivity index (χ4n) is 2.76. The number of nitrogens with zero attached hydrogens (tertiary/aromatic N) is 4. The van der Waals surface area contributed by atoms with Crippen molar-refractivity contribution in [3.05, 3.63) is 59.7 Å². The number of ether oxygens (including phenoxy) is 1. The molecule has 1 heterocycles. The molecule has 1 unspecified atom stereocenters. The summed E-state index contributed by atoms with van der Waals surface area (Å²) in [6.45, 7) is 4.05. The average molecular weight is 369 g/mol. The summed E-state index contributed by atoms with van der Waals surface area (Å²) < 4.78 is 21.0. The summed E-state index contributed by atoms with van der Waals surface area (Å²) in [5, 5.41) is 13.9. The number of carbonyl (C=O) groups excluding carboxylic acids is 1. The predicted octanol–water partition coefficient (Wildman–Crippen LogP) is 2.54. The van der Waals surface area contributed by atoms with Gasteiger partial charge in [-0.3, -0.25) is 4.79 Å². The third-order valence-electron chi connectivity index (χ3n) is 4.02. The summed E-state index contributed by atoms with van der Waals surface area (Å²) in [7, 11) is 1.57. The van der Waals surface area contributed by atoms with Gasteiger partial charge in [0.25, 0.3) is 5.91 Å². The van der Waals surface area contributed by atoms with Crippen LogP contribution < -0.4 is 5.32 Å². The third kappa shape index (κ3) is 4.35. The molecule has 0 spiro atoms. The van der Waals surface area contributed by atoms with Gasteiger partial charge < -0.3 is 10.1 Å². The lowest BCUT2D eigenvalue weighted by Crippen LogP contribution is -2.35. The Kier molecular flexibility index (Phi) is 5.56. The molecule has 0 fully saturated rings. The Labute approximate surface area is 156 Å². The Hall–Kier alpha value is -3.13. The van der Waals surface area contributed by atoms with Gasteiger partial charge in [-0.1, -0.05) is 12.1 Å². The number of hydrogen-bond donors (Lipinski definition) is 1. The summed E-state index contributed by atoms with van der Waals surface area (Å²) in [5.41, 5.74) is 2.71. The van der Waals surface area contributed by atoms with Crippen LogP contribution in [-0.2, 0) is 4.74 Å². The molecule has 27 heavy (non-hydrogen) atoms. The summed E-state index contributed by atoms with van der Waals surface area (Å²) in [5.74, 6) is -0.647. The zero-order valence-electron chi connectivity index (χ0n) is 15.3. The fraction of sp³-hybridized carbons (Fsp3) is 0.263. The topological polar surface area (TPSA) is 81.9 Å². The molecule has 3 rings (SSSR count). The van der Waals surface area contributed by atoms with Crippen LogP contribution in [0.15, 0.2) is 42.7 Å². The monoisotopic (exact) mass is 369 g/mol. The van der Waals surface area contributed by atoms with Crippen molar-refractivity contribution < 1.29 is 13.9 Å². The molecule has 1 aromatic heterocycles. The largest absolute Gasteiger partial charge is 0.383 e. The number of tetrazole rings is 1. The van der Waals surface area contributed by atoms with Crippen LogP contribution in [0, 0.1) is 12.7 Å². The number of amides is 1. The van der Waals surface area contributed by atoms with E-state index in [0.717, 1.165) is 5.56 Å². The summed E-state index contributed by atoms with van der Waals surface area (Å²) >= 11 is 0. The van der Waals surface area contributed by atoms with Gasteiger partial charge in [-0.2, -0.15) is 0 Å². The van der Waals surface area contributed by atoms with Crippen molar-refractivity contribution in [3.8, 4) is 16.8 Å². The molecule has 0 saturated heterocycles. The number of aryl methyl sites for hydroxylation is 1. The Bertz CT molecular complexity index is 943. The van der Waals surface area contributed by atoms with Crippen LogP contribution in [0.4, 0.5) is 4.39 Å². The minimum atomic E-state index is -0.358. The van der Waals surface area contributed by atoms with Gasteiger partial charge >= 0.3 is 0 Å². The van der Waals surface area contributed by atoms with Crippen LogP contribution >= 0.6 is 0 Å². The van der Waals surface area contributed by atoms with Gasteiger partial charge in [-0.15, -0.1) is 5.10 Å². The number of carbonyl (C=O) groups is 1. The maximum absolute atomic E-state index is 14.5. The number of nitrogens with one attached hydrogen (secondary N) is 1. The van der Waals surface area contributed by atoms with Crippen LogP contribution in [0.1, 0.15) is 22.8 Å². The van der Waals surface area contributed by atoms with E-state index >= 15 is 0 Å². The molecule has 0 aliphatic carbocycles. The van der Waals surface area contributed by atoms with Crippen molar-refractivity contribution in [1.29, 1.82) is 0 Å². The van der Waals surface area contributed by atoms with Crippen LogP contribution in [-0.4, -0.2) is 45.9 Å². The first-order valence-electron chi connectivity index (χ1n) is 8.42. The van der Waals surface area contributed by atoms with Crippen molar-refractivity contribution in [3.63, 3.8) is 0 Å². The van der Waals surface area contributed by atoms with Gasteiger partial charge in [0.05, 0.1) is 12.3 Å². The molecule has 140 valence electrons. The van der Waals surface area contributed by atoms with Crippen LogP contribution in [0.5, 0.6) is 0 Å². The normalized spacial score (nSPS) is 12.0. The zero-order chi connectivity index (χ0) is 19.4. The molecule has 3 aromatic rings. The maximum atomic E-state index is 14.5. The average Bonchev–Trinajstić information content (AvgIpc) is 3.16. The van der Waals surface area contributed by atoms with Gasteiger partial charge in [0.15, 0.2) is 0 Å². The van der Waals surface area contributed by atoms with E-state index < -0.39 is 0 Å². The third-order valence-corrected chi connectivity index (χ3v) is 4.02. The Morgan fingerprint density at radius 3 is 2.78 bits per heavy atom. The van der Waals surface area contributed by atoms with E-state index in [9.17, 15) is 9.18 Å². The molecule has 0 saturated carbocycles. The highest BCUT2D eigenvalue weighted by Crippen LogP contribution is 2.27. The quantitative estimate of drug-likeness (QED) is 0.722.